The lowest BCUT2D eigenvalue weighted by atomic mass is 10.1. The Morgan fingerprint density at radius 3 is 0.960 bits per heavy atom. The molecule has 15 heterocycles. The number of alkyl halides is 3. The van der Waals surface area contributed by atoms with Crippen LogP contribution in [0.4, 0.5) is 29.1 Å². The highest BCUT2D eigenvalue weighted by Crippen LogP contribution is 2.40. The van der Waals surface area contributed by atoms with E-state index in [-0.39, 0.29) is 30.1 Å². The van der Waals surface area contributed by atoms with Crippen LogP contribution in [0.1, 0.15) is 81.6 Å². The number of nitrogens with zero attached hydrogens (tertiary/aromatic N) is 23. The summed E-state index contributed by atoms with van der Waals surface area (Å²) in [5.74, 6) is 3.17. The van der Waals surface area contributed by atoms with E-state index in [1.807, 2.05) is 30.3 Å². The molecule has 10 aromatic heterocycles. The summed E-state index contributed by atoms with van der Waals surface area (Å²) >= 11 is 10.1. The van der Waals surface area contributed by atoms with Crippen LogP contribution in [0.3, 0.4) is 0 Å². The number of ether oxygens (including phenoxy) is 5. The highest BCUT2D eigenvalue weighted by molar-refractivity contribution is 14.1. The number of halogens is 3. The van der Waals surface area contributed by atoms with Crippen LogP contribution in [0.25, 0.3) is 55.8 Å². The standard InChI is InChI=1S/C20H26N6O3S.C18H28IN7O5.C17H26IN7O5.C15H24IN7O3.C14H22N6O3S.3CO2/c21-7-4-8-30-10-14-16(27)17(28)20(29-14)26-12-25-15-18(23-11-24-19(15)26)22-9-13-5-2-1-3-6-13;1-21-15-12-16(23-8-22-15)26(9-24-12)17-14(28)13(27)11(31-17)7-25(6-4-19)5-2-3-10(20)18(29)30;18-3-5-24(4-1-2-9(19)17(28)29)6-10-12(26)13(27)16(30-10)25-8-23-11-14(20)21-7-22-15(11)25;16-2-5-22(4-1-3-17)6-9-11(24)12(25)15(26-9)23-8-21-10-13(18)19-7-20-14(10)23;1-16-12-9-13(18-6-17-12)20(7-19-9)14-11(22)10(21)8(23-14)5-24-4-2-3-15;3*2-1-3/h1-3,5-6,11-12,14,16-17,20,27-28H,4,7-10,21H2,(H,22,23,24);8-11,13-14,17,27-28H,2-7,20H2,1H3,(H,29,30)(H,21,22,23);7-10,12-13,16,26-27H,1-6,19H2,(H,28,29)(H2,20,21,22);7-9,11-12,15,24-25H,1-6,17H2,(H2,18,19,20);6-8,10-11,14,21-22H,2-5,15H2,1H3,(H,16,17,18);;;/t14-,16?,17+,20-;10-,11+,13?,14-,17+;9-,10+,12?,13-,16+;9-,11?,12+,15-;8-,10?,11+,14-;;;/m10011.../s1. The van der Waals surface area contributed by atoms with E-state index >= 15 is 0 Å². The van der Waals surface area contributed by atoms with Crippen LogP contribution in [-0.4, -0.2) is 437 Å². The molecule has 11 aromatic rings. The van der Waals surface area contributed by atoms with E-state index in [1.54, 1.807) is 68.5 Å². The maximum absolute atomic E-state index is 10.9. The van der Waals surface area contributed by atoms with Gasteiger partial charge in [-0.25, -0.2) is 74.8 Å². The smallest absolute Gasteiger partial charge is 0.373 e. The molecule has 58 nitrogen and oxygen atoms in total. The number of imidazole rings is 5. The van der Waals surface area contributed by atoms with Crippen molar-refractivity contribution in [2.45, 2.75) is 186 Å². The first-order valence-corrected chi connectivity index (χ1v) is 53.9. The van der Waals surface area contributed by atoms with Gasteiger partial charge in [-0.3, -0.25) is 47.1 Å². The van der Waals surface area contributed by atoms with Gasteiger partial charge < -0.3 is 141 Å². The van der Waals surface area contributed by atoms with Crippen LogP contribution in [0.15, 0.2) is 93.6 Å². The number of nitrogens with two attached hydrogens (primary N) is 7. The molecular formula is C87H126I3N33O25S2. The minimum absolute atomic E-state index is 0.219. The van der Waals surface area contributed by atoms with E-state index in [9.17, 15) is 60.7 Å². The SMILES string of the molecule is CNc1ncnc2c1ncn2[C@@H]1O[C@H](CN(CCI)CCC[C@H](N)C(=O)O)C(O)[C@@H]1O.CNc1ncnc2c1ncn2[C@@H]1O[C@H](CSCCCN)C(O)[C@@H]1O.NCCCN(CCI)C[C@H]1O[C@@H](n2cnc3c(N)ncnc32)[C@@H](O)C1O.NCCCSC[C@H]1O[C@@H](n2cnc3c(NCc4ccccc4)ncnc32)[C@@H](O)C1O.Nc1ncnc2c1ncn2[C@@H]1O[C@H](CN(CCI)CCC[C@H](N)C(=O)O)C(O)[C@@H]1O.O=C=O.O=C=O.O=C=O. The van der Waals surface area contributed by atoms with Crippen molar-refractivity contribution in [1.82, 2.24) is 112 Å². The third-order valence-corrected chi connectivity index (χ3v) is 27.8. The largest absolute Gasteiger partial charge is 0.480 e. The van der Waals surface area contributed by atoms with Crippen LogP contribution in [0.2, 0.25) is 0 Å². The number of thioether (sulfide) groups is 2. The minimum atomic E-state index is -1.18. The maximum atomic E-state index is 10.9. The average molecular weight is 2480 g/mol. The van der Waals surface area contributed by atoms with Gasteiger partial charge in [0.25, 0.3) is 0 Å². The lowest BCUT2D eigenvalue weighted by molar-refractivity contribution is -0.193. The van der Waals surface area contributed by atoms with Crippen LogP contribution in [0, 0.1) is 0 Å². The summed E-state index contributed by atoms with van der Waals surface area (Å²) in [5, 5.41) is 132. The quantitative estimate of drug-likeness (QED) is 0.00998. The molecule has 5 unspecified atom stereocenters. The van der Waals surface area contributed by atoms with Crippen molar-refractivity contribution < 1.29 is 123 Å². The van der Waals surface area contributed by atoms with Crippen molar-refractivity contribution in [2.24, 2.45) is 28.7 Å². The molecule has 5 fully saturated rings. The fourth-order valence-corrected chi connectivity index (χ4v) is 20.6. The van der Waals surface area contributed by atoms with Gasteiger partial charge >= 0.3 is 30.4 Å². The van der Waals surface area contributed by atoms with Crippen molar-refractivity contribution >= 4 is 207 Å². The Bertz CT molecular complexity index is 6010. The molecule has 150 heavy (non-hydrogen) atoms. The number of anilines is 5. The molecule has 22 atom stereocenters. The normalized spacial score (nSPS) is 23.9. The summed E-state index contributed by atoms with van der Waals surface area (Å²) in [6.07, 6.45) is 2.46. The van der Waals surface area contributed by atoms with E-state index in [1.165, 1.54) is 55.2 Å². The molecule has 0 radical (unpaired) electrons. The Balaban J connectivity index is 0.000000204. The molecule has 5 aliphatic heterocycles. The number of carbonyl (C=O) groups is 2. The van der Waals surface area contributed by atoms with Crippen molar-refractivity contribution in [3.63, 3.8) is 0 Å². The second-order valence-electron chi connectivity index (χ2n) is 33.8. The molecule has 0 aliphatic carbocycles. The van der Waals surface area contributed by atoms with E-state index in [0.717, 1.165) is 75.8 Å². The van der Waals surface area contributed by atoms with Gasteiger partial charge in [-0.2, -0.15) is 52.3 Å². The highest BCUT2D eigenvalue weighted by Gasteiger charge is 2.50. The van der Waals surface area contributed by atoms with Gasteiger partial charge in [-0.05, 0) is 101 Å². The Morgan fingerprint density at radius 2 is 0.660 bits per heavy atom. The topological polar surface area (TPSA) is 871 Å². The first kappa shape index (κ1) is 124. The van der Waals surface area contributed by atoms with Crippen molar-refractivity contribution in [3.8, 4) is 0 Å². The number of aliphatic hydroxyl groups excluding tert-OH is 10. The monoisotopic (exact) mass is 2480 g/mol. The number of carboxylic acids is 2. The summed E-state index contributed by atoms with van der Waals surface area (Å²) in [7, 11) is 3.48. The number of nitrogen functional groups attached to an aromatic ring is 2. The molecule has 0 spiro atoms. The van der Waals surface area contributed by atoms with Crippen LogP contribution < -0.4 is 56.1 Å². The fourth-order valence-electron chi connectivity index (χ4n) is 16.4. The summed E-state index contributed by atoms with van der Waals surface area (Å²) in [5.41, 5.74) is 45.5. The number of carboxylic acid groups (broad SMARTS) is 2. The van der Waals surface area contributed by atoms with E-state index in [0.29, 0.717) is 169 Å². The number of rotatable bonds is 45. The van der Waals surface area contributed by atoms with E-state index in [4.69, 9.17) is 103 Å². The predicted octanol–water partition coefficient (Wildman–Crippen LogP) is -3.56. The number of aromatic nitrogens is 20. The van der Waals surface area contributed by atoms with Crippen molar-refractivity contribution in [1.29, 1.82) is 0 Å². The molecule has 29 N–H and O–H groups in total. The van der Waals surface area contributed by atoms with E-state index in [2.05, 4.69) is 173 Å². The number of hydrogen-bond donors (Lipinski definition) is 22. The number of carbonyl (C=O) groups excluding carboxylic acids is 6. The van der Waals surface area contributed by atoms with Crippen molar-refractivity contribution in [3.05, 3.63) is 99.2 Å². The average Bonchev–Trinajstić information content (AvgIpc) is 1.64. The first-order valence-electron chi connectivity index (χ1n) is 47.0. The number of aliphatic carboxylic acids is 2. The zero-order valence-electron chi connectivity index (χ0n) is 81.4. The third kappa shape index (κ3) is 33.3. The fraction of sp³-hybridized carbons (Fsp3) is 0.586. The van der Waals surface area contributed by atoms with Gasteiger partial charge in [0.2, 0.25) is 0 Å². The summed E-state index contributed by atoms with van der Waals surface area (Å²) < 4.78 is 40.5. The lowest BCUT2D eigenvalue weighted by Gasteiger charge is -2.26. The number of benzene rings is 1. The molecule has 16 rings (SSSR count). The number of hydrogen-bond acceptors (Lipinski definition) is 53. The van der Waals surface area contributed by atoms with Gasteiger partial charge in [-0.1, -0.05) is 98.1 Å². The molecule has 1 aromatic carbocycles. The van der Waals surface area contributed by atoms with Gasteiger partial charge in [0, 0.05) is 84.7 Å². The molecule has 0 amide bonds. The molecule has 0 bridgehead atoms. The minimum Gasteiger partial charge on any atom is -0.480 e. The number of aliphatic hydroxyl groups is 10. The van der Waals surface area contributed by atoms with Gasteiger partial charge in [0.1, 0.15) is 145 Å². The van der Waals surface area contributed by atoms with Gasteiger partial charge in [0.05, 0.1) is 43.8 Å². The predicted molar refractivity (Wildman–Crippen MR) is 564 cm³/mol. The number of fused-ring (bicyclic) bond motifs is 5. The summed E-state index contributed by atoms with van der Waals surface area (Å²) in [4.78, 5) is 140. The van der Waals surface area contributed by atoms with Crippen molar-refractivity contribution in [2.75, 3.05) is 156 Å². The van der Waals surface area contributed by atoms with Gasteiger partial charge in [-0.15, -0.1) is 0 Å². The second-order valence-corrected chi connectivity index (χ2v) is 39.4. The molecule has 822 valence electrons. The molecule has 5 aliphatic rings. The third-order valence-electron chi connectivity index (χ3n) is 24.0. The second kappa shape index (κ2) is 63.6. The Hall–Kier alpha value is -9.98. The van der Waals surface area contributed by atoms with Gasteiger partial charge in [0.15, 0.2) is 94.0 Å². The molecule has 5 saturated heterocycles. The Kier molecular flexibility index (Phi) is 52.4. The first-order chi connectivity index (χ1) is 72.4. The Morgan fingerprint density at radius 1 is 0.387 bits per heavy atom. The number of nitrogens with one attached hydrogen (secondary N) is 3. The van der Waals surface area contributed by atoms with Crippen LogP contribution in [0.5, 0.6) is 0 Å². The Labute approximate surface area is 906 Å². The highest BCUT2D eigenvalue weighted by atomic mass is 127. The van der Waals surface area contributed by atoms with Crippen LogP contribution in [-0.2, 0) is 68.6 Å². The molecular weight excluding hydrogens is 2350 g/mol. The molecule has 63 heteroatoms. The summed E-state index contributed by atoms with van der Waals surface area (Å²) in [6, 6.07) is 8.21. The van der Waals surface area contributed by atoms with Crippen LogP contribution >= 0.6 is 91.3 Å². The maximum Gasteiger partial charge on any atom is 0.373 e. The summed E-state index contributed by atoms with van der Waals surface area (Å²) in [6.45, 7) is 8.15. The molecule has 0 saturated carbocycles. The van der Waals surface area contributed by atoms with E-state index < -0.39 is 147 Å². The zero-order valence-corrected chi connectivity index (χ0v) is 89.5. The zero-order chi connectivity index (χ0) is 109. The lowest BCUT2D eigenvalue weighted by Crippen LogP contribution is -2.41.